The number of piperidine rings is 2. The number of nitrogens with zero attached hydrogens (tertiary/aromatic N) is 4. The second kappa shape index (κ2) is 23.9. The Balaban J connectivity index is 0.829. The van der Waals surface area contributed by atoms with E-state index >= 15 is 0 Å². The number of benzene rings is 2. The van der Waals surface area contributed by atoms with Crippen LogP contribution < -0.4 is 21.7 Å². The van der Waals surface area contributed by atoms with Gasteiger partial charge in [-0.05, 0) is 119 Å². The third-order valence-corrected chi connectivity index (χ3v) is 17.0. The molecule has 78 heavy (non-hydrogen) atoms. The van der Waals surface area contributed by atoms with Crippen LogP contribution in [0.3, 0.4) is 0 Å². The lowest BCUT2D eigenvalue weighted by atomic mass is 9.76. The van der Waals surface area contributed by atoms with Gasteiger partial charge in [-0.1, -0.05) is 37.2 Å². The molecule has 1 saturated carbocycles. The van der Waals surface area contributed by atoms with Gasteiger partial charge in [0.2, 0.25) is 41.4 Å². The van der Waals surface area contributed by atoms with Gasteiger partial charge in [0.25, 0.3) is 11.8 Å². The number of nitrogens with one attached hydrogen (secondary N) is 4. The van der Waals surface area contributed by atoms with Crippen molar-refractivity contribution in [1.82, 2.24) is 40.5 Å². The topological polar surface area (TPSA) is 279 Å². The van der Waals surface area contributed by atoms with E-state index in [1.54, 1.807) is 36.4 Å². The van der Waals surface area contributed by atoms with E-state index in [0.29, 0.717) is 53.9 Å². The van der Waals surface area contributed by atoms with Crippen LogP contribution in [0.25, 0.3) is 10.9 Å². The van der Waals surface area contributed by atoms with Gasteiger partial charge in [0, 0.05) is 98.8 Å². The molecule has 6 aliphatic rings. The van der Waals surface area contributed by atoms with Crippen molar-refractivity contribution < 1.29 is 52.7 Å². The van der Waals surface area contributed by atoms with E-state index in [2.05, 4.69) is 32.8 Å². The molecule has 1 aliphatic carbocycles. The van der Waals surface area contributed by atoms with Crippen molar-refractivity contribution in [2.24, 2.45) is 23.5 Å². The summed E-state index contributed by atoms with van der Waals surface area (Å²) in [5.41, 5.74) is 8.79. The number of carbonyl (C=O) groups excluding carboxylic acids is 11. The first-order chi connectivity index (χ1) is 37.4. The van der Waals surface area contributed by atoms with E-state index in [1.165, 1.54) is 28.5 Å². The molecule has 20 heteroatoms. The molecule has 9 rings (SSSR count). The lowest BCUT2D eigenvalue weighted by Gasteiger charge is -2.37. The van der Waals surface area contributed by atoms with Crippen molar-refractivity contribution in [1.29, 1.82) is 0 Å². The maximum atomic E-state index is 14.6. The van der Waals surface area contributed by atoms with Crippen LogP contribution in [0, 0.1) is 29.6 Å². The molecule has 20 nitrogen and oxygen atoms in total. The summed E-state index contributed by atoms with van der Waals surface area (Å²) in [5, 5.41) is 8.59. The Hall–Kier alpha value is -7.69. The molecule has 1 aromatic heterocycles. The van der Waals surface area contributed by atoms with E-state index in [0.717, 1.165) is 62.5 Å². The lowest BCUT2D eigenvalue weighted by molar-refractivity contribution is -0.143. The second-order valence-electron chi connectivity index (χ2n) is 22.1. The number of fused-ring (bicyclic) bond motifs is 3. The molecule has 0 spiro atoms. The average molecular weight is 1070 g/mol. The highest BCUT2D eigenvalue weighted by molar-refractivity contribution is 6.06. The van der Waals surface area contributed by atoms with Crippen LogP contribution in [0.1, 0.15) is 159 Å². The van der Waals surface area contributed by atoms with Gasteiger partial charge in [-0.3, -0.25) is 58.1 Å². The summed E-state index contributed by atoms with van der Waals surface area (Å²) in [6.07, 6.45) is 7.91. The van der Waals surface area contributed by atoms with Gasteiger partial charge >= 0.3 is 0 Å². The molecule has 0 bridgehead atoms. The van der Waals surface area contributed by atoms with E-state index in [4.69, 9.17) is 5.73 Å². The largest absolute Gasteiger partial charge is 0.370 e. The summed E-state index contributed by atoms with van der Waals surface area (Å²) in [4.78, 5) is 156. The number of nitrogens with two attached hydrogens (primary N) is 1. The number of carbonyl (C=O) groups is 11. The van der Waals surface area contributed by atoms with Gasteiger partial charge in [-0.2, -0.15) is 0 Å². The first-order valence-electron chi connectivity index (χ1n) is 27.6. The van der Waals surface area contributed by atoms with Crippen molar-refractivity contribution in [2.75, 3.05) is 26.2 Å². The number of hydrogen-bond donors (Lipinski definition) is 5. The minimum Gasteiger partial charge on any atom is -0.370 e. The van der Waals surface area contributed by atoms with Crippen LogP contribution in [0.5, 0.6) is 0 Å². The van der Waals surface area contributed by atoms with Gasteiger partial charge in [0.05, 0.1) is 12.1 Å². The quantitative estimate of drug-likeness (QED) is 0.0788. The fraction of sp³-hybridized carbons (Fsp3) is 0.534. The van der Waals surface area contributed by atoms with Crippen molar-refractivity contribution in [3.63, 3.8) is 0 Å². The summed E-state index contributed by atoms with van der Waals surface area (Å²) in [6, 6.07) is 7.18. The molecule has 0 radical (unpaired) electrons. The number of primary amides is 1. The predicted molar refractivity (Wildman–Crippen MR) is 283 cm³/mol. The summed E-state index contributed by atoms with van der Waals surface area (Å²) >= 11 is 0. The van der Waals surface area contributed by atoms with Gasteiger partial charge in [-0.15, -0.1) is 0 Å². The van der Waals surface area contributed by atoms with Crippen LogP contribution in [-0.2, 0) is 44.9 Å². The third kappa shape index (κ3) is 12.2. The maximum Gasteiger partial charge on any atom is 0.268 e. The first kappa shape index (κ1) is 55.1. The zero-order valence-electron chi connectivity index (χ0n) is 44.4. The van der Waals surface area contributed by atoms with Crippen molar-refractivity contribution in [3.05, 3.63) is 70.4 Å². The monoisotopic (exact) mass is 1070 g/mol. The summed E-state index contributed by atoms with van der Waals surface area (Å²) in [7, 11) is 0. The number of likely N-dealkylation sites (tertiary alicyclic amines) is 1. The van der Waals surface area contributed by atoms with Crippen molar-refractivity contribution in [3.8, 4) is 11.8 Å². The normalized spacial score (nSPS) is 22.6. The van der Waals surface area contributed by atoms with E-state index in [-0.39, 0.29) is 99.2 Å². The molecule has 5 aliphatic heterocycles. The van der Waals surface area contributed by atoms with Gasteiger partial charge in [0.1, 0.15) is 23.8 Å². The number of imide groups is 1. The standard InChI is InChI=1S/C58H69N9O11/c1-33(68)38-15-17-44-39(27-38)28-46(60-44)53(73)62-47-32-65(34(2)69)30-40-16-19-49(67(40)58(47)78)55(75)61-45(18-21-51(59)71)50(70)29-42(36-10-4-3-5-11-36)56(76)64-25-23-35(24-26-64)9-6-7-12-37-13-8-14-41-43(37)31-66(57(41)77)48-20-22-52(72)63-54(48)74/h8,13-15,17,27-28,35-36,40,42,45,47-49,60H,3-6,9-11,16,18-26,29-32H2,1-2H3,(H2,59,71)(H,61,75)(H,62,73)(H,63,72,74)/t40-,42+,45+,47+,48?,49+/m1/s1. The molecule has 9 amide bonds. The van der Waals surface area contributed by atoms with Crippen LogP contribution in [0.2, 0.25) is 0 Å². The van der Waals surface area contributed by atoms with Crippen LogP contribution in [0.4, 0.5) is 0 Å². The Morgan fingerprint density at radius 2 is 1.63 bits per heavy atom. The average Bonchev–Trinajstić information content (AvgIpc) is 4.18. The number of H-pyrrole nitrogens is 1. The Morgan fingerprint density at radius 3 is 2.35 bits per heavy atom. The van der Waals surface area contributed by atoms with Gasteiger partial charge in [0.15, 0.2) is 11.6 Å². The number of Topliss-reactive ketones (excluding diaryl/α,β-unsaturated/α-hetero) is 2. The fourth-order valence-electron chi connectivity index (χ4n) is 12.6. The molecule has 4 saturated heterocycles. The maximum absolute atomic E-state index is 14.6. The highest BCUT2D eigenvalue weighted by Gasteiger charge is 2.48. The Morgan fingerprint density at radius 1 is 0.859 bits per heavy atom. The summed E-state index contributed by atoms with van der Waals surface area (Å²) < 4.78 is 0. The summed E-state index contributed by atoms with van der Waals surface area (Å²) in [5.74, 6) is 1.64. The molecule has 3 aromatic rings. The lowest BCUT2D eigenvalue weighted by Crippen LogP contribution is -2.57. The number of aromatic nitrogens is 1. The van der Waals surface area contributed by atoms with Gasteiger partial charge in [-0.25, -0.2) is 0 Å². The van der Waals surface area contributed by atoms with E-state index in [9.17, 15) is 52.7 Å². The number of hydrogen-bond acceptors (Lipinski definition) is 11. The van der Waals surface area contributed by atoms with E-state index in [1.807, 2.05) is 11.0 Å². The predicted octanol–water partition coefficient (Wildman–Crippen LogP) is 3.43. The molecular formula is C58H69N9O11. The van der Waals surface area contributed by atoms with E-state index < -0.39 is 71.4 Å². The first-order valence-corrected chi connectivity index (χ1v) is 27.6. The molecule has 6 N–H and O–H groups in total. The van der Waals surface area contributed by atoms with Crippen LogP contribution in [-0.4, -0.2) is 146 Å². The Bertz CT molecular complexity index is 3000. The smallest absolute Gasteiger partial charge is 0.268 e. The number of rotatable bonds is 16. The SMILES string of the molecule is CC(=O)c1ccc2[nH]c(C(=O)N[C@H]3CN(C(C)=O)C[C@H]4CC[C@@H](C(=O)N[C@@H](CCC(N)=O)C(=O)C[C@H](C(=O)N5CCC(CCC#Cc6cccc7c6CN(C6CCC(=O)NC6=O)C7=O)CC5)C5CCCCC5)N4C3=O)cc2c1. The number of amides is 9. The molecule has 2 aromatic carbocycles. The number of aromatic amines is 1. The third-order valence-electron chi connectivity index (χ3n) is 17.0. The minimum atomic E-state index is -1.23. The molecule has 412 valence electrons. The molecule has 6 atom stereocenters. The molecular weight excluding hydrogens is 999 g/mol. The second-order valence-corrected chi connectivity index (χ2v) is 22.1. The fourth-order valence-corrected chi connectivity index (χ4v) is 12.6. The molecule has 5 fully saturated rings. The van der Waals surface area contributed by atoms with Crippen LogP contribution >= 0.6 is 0 Å². The molecule has 6 heterocycles. The zero-order valence-corrected chi connectivity index (χ0v) is 44.4. The van der Waals surface area contributed by atoms with Gasteiger partial charge < -0.3 is 41.0 Å². The number of ketones is 2. The highest BCUT2D eigenvalue weighted by atomic mass is 16.2. The van der Waals surface area contributed by atoms with Crippen molar-refractivity contribution in [2.45, 2.75) is 153 Å². The Kier molecular flexibility index (Phi) is 16.9. The zero-order chi connectivity index (χ0) is 55.4. The minimum absolute atomic E-state index is 0.0504. The van der Waals surface area contributed by atoms with Crippen molar-refractivity contribution >= 4 is 75.6 Å². The van der Waals surface area contributed by atoms with Crippen LogP contribution in [0.15, 0.2) is 42.5 Å². The Labute approximate surface area is 452 Å². The summed E-state index contributed by atoms with van der Waals surface area (Å²) in [6.45, 7) is 4.06. The highest BCUT2D eigenvalue weighted by Crippen LogP contribution is 2.36. The molecule has 1 unspecified atom stereocenters.